The summed E-state index contributed by atoms with van der Waals surface area (Å²) in [6.07, 6.45) is 8.03. The number of hydrogen-bond acceptors (Lipinski definition) is 9. The standard InChI is InChI=1S/C23H30N6OS2/c1-2-6-15-29(14-5-1)18-19-9-7-10-20(17-19)30-16-8-13-25-22-26-27-23(31-22)28-32-21-11-3-4-12-24-21/h3-4,7,9-12,17H,1-2,5-6,8,13-16,18H2,(H,25,26)(H,27,28). The lowest BCUT2D eigenvalue weighted by atomic mass is 10.2. The third-order valence-electron chi connectivity index (χ3n) is 5.18. The van der Waals surface area contributed by atoms with E-state index in [-0.39, 0.29) is 0 Å². The van der Waals surface area contributed by atoms with E-state index in [9.17, 15) is 0 Å². The molecule has 0 atom stereocenters. The fraction of sp³-hybridized carbons (Fsp3) is 0.435. The molecule has 9 heteroatoms. The maximum Gasteiger partial charge on any atom is 0.217 e. The molecule has 3 aromatic rings. The number of likely N-dealkylation sites (tertiary alicyclic amines) is 1. The summed E-state index contributed by atoms with van der Waals surface area (Å²) in [4.78, 5) is 6.82. The maximum atomic E-state index is 5.98. The molecule has 7 nitrogen and oxygen atoms in total. The van der Waals surface area contributed by atoms with E-state index in [1.165, 1.54) is 67.6 Å². The number of ether oxygens (including phenoxy) is 1. The van der Waals surface area contributed by atoms with Crippen LogP contribution in [0.2, 0.25) is 0 Å². The van der Waals surface area contributed by atoms with Gasteiger partial charge < -0.3 is 10.1 Å². The molecule has 0 bridgehead atoms. The van der Waals surface area contributed by atoms with Gasteiger partial charge in [-0.3, -0.25) is 9.62 Å². The minimum absolute atomic E-state index is 0.666. The van der Waals surface area contributed by atoms with Crippen molar-refractivity contribution in [3.63, 3.8) is 0 Å². The monoisotopic (exact) mass is 470 g/mol. The largest absolute Gasteiger partial charge is 0.494 e. The average molecular weight is 471 g/mol. The van der Waals surface area contributed by atoms with E-state index in [0.717, 1.165) is 40.5 Å². The minimum Gasteiger partial charge on any atom is -0.494 e. The molecule has 2 aromatic heterocycles. The number of rotatable bonds is 11. The first kappa shape index (κ1) is 22.8. The molecule has 0 unspecified atom stereocenters. The third kappa shape index (κ3) is 7.65. The lowest BCUT2D eigenvalue weighted by Crippen LogP contribution is -2.23. The summed E-state index contributed by atoms with van der Waals surface area (Å²) in [5, 5.41) is 14.1. The highest BCUT2D eigenvalue weighted by atomic mass is 32.2. The van der Waals surface area contributed by atoms with Crippen LogP contribution in [-0.4, -0.2) is 46.3 Å². The zero-order valence-corrected chi connectivity index (χ0v) is 19.8. The van der Waals surface area contributed by atoms with Gasteiger partial charge in [0, 0.05) is 31.2 Å². The molecule has 3 heterocycles. The SMILES string of the molecule is c1ccc(SNc2nnc(NCCCOc3cccc(CN4CCCCCC4)c3)s2)nc1. The normalized spacial score (nSPS) is 14.6. The van der Waals surface area contributed by atoms with Gasteiger partial charge in [0.2, 0.25) is 10.3 Å². The van der Waals surface area contributed by atoms with Crippen LogP contribution in [0.15, 0.2) is 53.7 Å². The molecule has 2 N–H and O–H groups in total. The van der Waals surface area contributed by atoms with E-state index in [1.54, 1.807) is 6.20 Å². The van der Waals surface area contributed by atoms with Gasteiger partial charge in [0.05, 0.1) is 6.61 Å². The van der Waals surface area contributed by atoms with E-state index >= 15 is 0 Å². The van der Waals surface area contributed by atoms with Gasteiger partial charge in [-0.1, -0.05) is 42.4 Å². The van der Waals surface area contributed by atoms with Crippen LogP contribution in [0.3, 0.4) is 0 Å². The molecule has 1 aromatic carbocycles. The molecule has 0 radical (unpaired) electrons. The van der Waals surface area contributed by atoms with Crippen LogP contribution < -0.4 is 14.8 Å². The summed E-state index contributed by atoms with van der Waals surface area (Å²) in [5.41, 5.74) is 1.33. The lowest BCUT2D eigenvalue weighted by Gasteiger charge is -2.20. The van der Waals surface area contributed by atoms with E-state index < -0.39 is 0 Å². The highest BCUT2D eigenvalue weighted by Crippen LogP contribution is 2.25. The van der Waals surface area contributed by atoms with Gasteiger partial charge in [-0.25, -0.2) is 4.98 Å². The van der Waals surface area contributed by atoms with Gasteiger partial charge in [0.1, 0.15) is 10.8 Å². The average Bonchev–Trinajstić information content (AvgIpc) is 3.12. The molecule has 170 valence electrons. The van der Waals surface area contributed by atoms with Crippen molar-refractivity contribution in [1.82, 2.24) is 20.1 Å². The molecule has 32 heavy (non-hydrogen) atoms. The van der Waals surface area contributed by atoms with Crippen molar-refractivity contribution in [3.8, 4) is 5.75 Å². The van der Waals surface area contributed by atoms with Gasteiger partial charge in [0.25, 0.3) is 0 Å². The number of nitrogens with zero attached hydrogens (tertiary/aromatic N) is 4. The predicted octanol–water partition coefficient (Wildman–Crippen LogP) is 5.31. The second-order valence-corrected chi connectivity index (χ2v) is 9.56. The Bertz CT molecular complexity index is 931. The number of benzene rings is 1. The third-order valence-corrected chi connectivity index (χ3v) is 6.85. The van der Waals surface area contributed by atoms with Crippen molar-refractivity contribution >= 4 is 33.5 Å². The second-order valence-electron chi connectivity index (χ2n) is 7.75. The molecule has 1 saturated heterocycles. The van der Waals surface area contributed by atoms with Crippen molar-refractivity contribution in [2.75, 3.05) is 36.3 Å². The summed E-state index contributed by atoms with van der Waals surface area (Å²) in [5.74, 6) is 0.950. The Morgan fingerprint density at radius 2 is 1.88 bits per heavy atom. The molecule has 4 rings (SSSR count). The molecule has 1 fully saturated rings. The zero-order chi connectivity index (χ0) is 21.8. The summed E-state index contributed by atoms with van der Waals surface area (Å²) in [6.45, 7) is 4.89. The van der Waals surface area contributed by atoms with Crippen LogP contribution in [-0.2, 0) is 6.54 Å². The van der Waals surface area contributed by atoms with Crippen LogP contribution in [0, 0.1) is 0 Å². The lowest BCUT2D eigenvalue weighted by molar-refractivity contribution is 0.275. The molecule has 0 amide bonds. The quantitative estimate of drug-likeness (QED) is 0.288. The molecule has 1 aliphatic heterocycles. The van der Waals surface area contributed by atoms with Gasteiger partial charge in [-0.15, -0.1) is 10.2 Å². The van der Waals surface area contributed by atoms with Crippen LogP contribution >= 0.6 is 23.3 Å². The smallest absolute Gasteiger partial charge is 0.217 e. The van der Waals surface area contributed by atoms with Crippen molar-refractivity contribution in [3.05, 3.63) is 54.2 Å². The Morgan fingerprint density at radius 3 is 2.72 bits per heavy atom. The Morgan fingerprint density at radius 1 is 1.00 bits per heavy atom. The molecule has 1 aliphatic rings. The highest BCUT2D eigenvalue weighted by Gasteiger charge is 2.10. The number of anilines is 2. The van der Waals surface area contributed by atoms with E-state index in [1.807, 2.05) is 24.3 Å². The van der Waals surface area contributed by atoms with Crippen molar-refractivity contribution in [2.45, 2.75) is 43.7 Å². The summed E-state index contributed by atoms with van der Waals surface area (Å²) in [6, 6.07) is 14.3. The van der Waals surface area contributed by atoms with Gasteiger partial charge in [0.15, 0.2) is 0 Å². The summed E-state index contributed by atoms with van der Waals surface area (Å²) < 4.78 is 9.15. The summed E-state index contributed by atoms with van der Waals surface area (Å²) in [7, 11) is 0. The van der Waals surface area contributed by atoms with E-state index in [4.69, 9.17) is 4.74 Å². The number of hydrogen-bond donors (Lipinski definition) is 2. The maximum absolute atomic E-state index is 5.98. The molecule has 0 saturated carbocycles. The van der Waals surface area contributed by atoms with Crippen LogP contribution in [0.5, 0.6) is 5.75 Å². The Balaban J connectivity index is 1.13. The fourth-order valence-electron chi connectivity index (χ4n) is 3.58. The Labute approximate surface area is 198 Å². The first-order valence-corrected chi connectivity index (χ1v) is 12.8. The minimum atomic E-state index is 0.666. The van der Waals surface area contributed by atoms with Crippen molar-refractivity contribution in [1.29, 1.82) is 0 Å². The van der Waals surface area contributed by atoms with Gasteiger partial charge in [-0.2, -0.15) is 0 Å². The second kappa shape index (κ2) is 12.6. The first-order valence-electron chi connectivity index (χ1n) is 11.2. The topological polar surface area (TPSA) is 75.2 Å². The zero-order valence-electron chi connectivity index (χ0n) is 18.2. The van der Waals surface area contributed by atoms with E-state index in [2.05, 4.69) is 48.3 Å². The van der Waals surface area contributed by atoms with Gasteiger partial charge in [-0.05, 0) is 62.2 Å². The Kier molecular flexibility index (Phi) is 9.00. The fourth-order valence-corrected chi connectivity index (χ4v) is 4.89. The van der Waals surface area contributed by atoms with Crippen LogP contribution in [0.25, 0.3) is 0 Å². The van der Waals surface area contributed by atoms with E-state index in [0.29, 0.717) is 6.61 Å². The molecule has 0 aliphatic carbocycles. The predicted molar refractivity (Wildman–Crippen MR) is 132 cm³/mol. The Hall–Kier alpha value is -2.36. The highest BCUT2D eigenvalue weighted by molar-refractivity contribution is 8.00. The number of aromatic nitrogens is 3. The molecule has 0 spiro atoms. The van der Waals surface area contributed by atoms with Crippen molar-refractivity contribution in [2.24, 2.45) is 0 Å². The number of nitrogens with one attached hydrogen (secondary N) is 2. The first-order chi connectivity index (χ1) is 15.8. The van der Waals surface area contributed by atoms with Gasteiger partial charge >= 0.3 is 0 Å². The molecular weight excluding hydrogens is 440 g/mol. The van der Waals surface area contributed by atoms with Crippen molar-refractivity contribution < 1.29 is 4.74 Å². The summed E-state index contributed by atoms with van der Waals surface area (Å²) >= 11 is 2.91. The number of pyridine rings is 1. The molecular formula is C23H30N6OS2. The van der Waals surface area contributed by atoms with Crippen LogP contribution in [0.1, 0.15) is 37.7 Å². The van der Waals surface area contributed by atoms with Crippen LogP contribution in [0.4, 0.5) is 10.3 Å².